The largest absolute Gasteiger partial charge is 0.295 e. The smallest absolute Gasteiger partial charge is 0.159 e. The van der Waals surface area contributed by atoms with E-state index in [-0.39, 0.29) is 5.78 Å². The summed E-state index contributed by atoms with van der Waals surface area (Å²) in [5, 5.41) is 0. The van der Waals surface area contributed by atoms with Gasteiger partial charge in [0.25, 0.3) is 0 Å². The number of ketones is 1. The van der Waals surface area contributed by atoms with E-state index in [4.69, 9.17) is 0 Å². The summed E-state index contributed by atoms with van der Waals surface area (Å²) in [5.41, 5.74) is 0. The Labute approximate surface area is 68.1 Å². The van der Waals surface area contributed by atoms with Gasteiger partial charge in [0.2, 0.25) is 0 Å². The molecule has 0 atom stereocenters. The van der Waals surface area contributed by atoms with E-state index in [2.05, 4.69) is 0 Å². The van der Waals surface area contributed by atoms with Crippen molar-refractivity contribution in [3.05, 3.63) is 36.5 Å². The molecule has 0 spiro atoms. The predicted molar refractivity (Wildman–Crippen MR) is 48.4 cm³/mol. The Bertz CT molecular complexity index is 185. The molecule has 0 aromatic carbocycles. The molecule has 1 heteroatoms. The van der Waals surface area contributed by atoms with E-state index in [0.29, 0.717) is 6.42 Å². The summed E-state index contributed by atoms with van der Waals surface area (Å²) in [4.78, 5) is 10.8. The van der Waals surface area contributed by atoms with Crippen LogP contribution < -0.4 is 0 Å². The van der Waals surface area contributed by atoms with Crippen LogP contribution in [0.3, 0.4) is 0 Å². The molecule has 0 N–H and O–H groups in total. The zero-order chi connectivity index (χ0) is 8.53. The molecule has 0 radical (unpaired) electrons. The fourth-order valence-electron chi connectivity index (χ4n) is 0.628. The first kappa shape index (κ1) is 9.89. The van der Waals surface area contributed by atoms with Crippen LogP contribution in [0.15, 0.2) is 36.5 Å². The quantitative estimate of drug-likeness (QED) is 0.445. The average molecular weight is 150 g/mol. The highest BCUT2D eigenvalue weighted by Gasteiger charge is 1.87. The molecule has 0 unspecified atom stereocenters. The first-order valence-corrected chi connectivity index (χ1v) is 3.74. The molecular formula is C10H14O. The highest BCUT2D eigenvalue weighted by atomic mass is 16.1. The number of allylic oxidation sites excluding steroid dienone is 6. The van der Waals surface area contributed by atoms with Crippen LogP contribution in [0.2, 0.25) is 0 Å². The maximum absolute atomic E-state index is 10.8. The zero-order valence-electron chi connectivity index (χ0n) is 7.08. The third kappa shape index (κ3) is 6.78. The van der Waals surface area contributed by atoms with Crippen LogP contribution in [-0.4, -0.2) is 5.78 Å². The van der Waals surface area contributed by atoms with Crippen LogP contribution in [0, 0.1) is 0 Å². The molecule has 0 heterocycles. The van der Waals surface area contributed by atoms with Gasteiger partial charge in [-0.05, 0) is 19.9 Å². The Morgan fingerprint density at radius 2 is 1.91 bits per heavy atom. The molecule has 0 aliphatic carbocycles. The second-order valence-corrected chi connectivity index (χ2v) is 2.12. The van der Waals surface area contributed by atoms with Crippen LogP contribution in [0.5, 0.6) is 0 Å². The summed E-state index contributed by atoms with van der Waals surface area (Å²) in [6.45, 7) is 3.78. The normalized spacial score (nSPS) is 12.2. The molecule has 0 aliphatic rings. The summed E-state index contributed by atoms with van der Waals surface area (Å²) in [5.74, 6) is 0.147. The van der Waals surface area contributed by atoms with Gasteiger partial charge in [-0.15, -0.1) is 0 Å². The van der Waals surface area contributed by atoms with Gasteiger partial charge >= 0.3 is 0 Å². The molecule has 0 saturated carbocycles. The Balaban J connectivity index is 3.61. The molecule has 0 amide bonds. The molecule has 0 aromatic rings. The van der Waals surface area contributed by atoms with Gasteiger partial charge in [-0.3, -0.25) is 4.79 Å². The monoisotopic (exact) mass is 150 g/mol. The highest BCUT2D eigenvalue weighted by Crippen LogP contribution is 1.88. The summed E-state index contributed by atoms with van der Waals surface area (Å²) < 4.78 is 0. The van der Waals surface area contributed by atoms with Gasteiger partial charge in [-0.2, -0.15) is 0 Å². The predicted octanol–water partition coefficient (Wildman–Crippen LogP) is 2.65. The van der Waals surface area contributed by atoms with Crippen LogP contribution in [0.1, 0.15) is 20.3 Å². The van der Waals surface area contributed by atoms with Crippen molar-refractivity contribution in [1.82, 2.24) is 0 Å². The van der Waals surface area contributed by atoms with Crippen molar-refractivity contribution >= 4 is 5.78 Å². The SMILES string of the molecule is CC=CC=CCC(=O)C=CC. The van der Waals surface area contributed by atoms with E-state index < -0.39 is 0 Å². The summed E-state index contributed by atoms with van der Waals surface area (Å²) >= 11 is 0. The number of rotatable bonds is 4. The lowest BCUT2D eigenvalue weighted by Crippen LogP contribution is -1.87. The van der Waals surface area contributed by atoms with Crippen molar-refractivity contribution < 1.29 is 4.79 Å². The molecule has 11 heavy (non-hydrogen) atoms. The number of hydrogen-bond acceptors (Lipinski definition) is 1. The van der Waals surface area contributed by atoms with E-state index in [0.717, 1.165) is 0 Å². The number of hydrogen-bond donors (Lipinski definition) is 0. The van der Waals surface area contributed by atoms with E-state index in [1.807, 2.05) is 38.2 Å². The lowest BCUT2D eigenvalue weighted by Gasteiger charge is -1.83. The topological polar surface area (TPSA) is 17.1 Å². The van der Waals surface area contributed by atoms with Gasteiger partial charge in [-0.1, -0.05) is 30.4 Å². The number of carbonyl (C=O) groups is 1. The summed E-state index contributed by atoms with van der Waals surface area (Å²) in [6.07, 6.45) is 11.4. The van der Waals surface area contributed by atoms with Gasteiger partial charge in [0.05, 0.1) is 0 Å². The van der Waals surface area contributed by atoms with Crippen molar-refractivity contribution in [2.24, 2.45) is 0 Å². The minimum absolute atomic E-state index is 0.147. The minimum atomic E-state index is 0.147. The molecule has 0 saturated heterocycles. The molecular weight excluding hydrogens is 136 g/mol. The van der Waals surface area contributed by atoms with E-state index >= 15 is 0 Å². The van der Waals surface area contributed by atoms with Crippen molar-refractivity contribution in [3.63, 3.8) is 0 Å². The van der Waals surface area contributed by atoms with E-state index in [1.54, 1.807) is 12.2 Å². The average Bonchev–Trinajstić information content (AvgIpc) is 1.99. The lowest BCUT2D eigenvalue weighted by atomic mass is 10.2. The molecule has 0 bridgehead atoms. The molecule has 0 aliphatic heterocycles. The van der Waals surface area contributed by atoms with Crippen molar-refractivity contribution in [3.8, 4) is 0 Å². The van der Waals surface area contributed by atoms with Gasteiger partial charge in [0.15, 0.2) is 5.78 Å². The van der Waals surface area contributed by atoms with Gasteiger partial charge in [0, 0.05) is 6.42 Å². The van der Waals surface area contributed by atoms with Crippen LogP contribution >= 0.6 is 0 Å². The first-order valence-electron chi connectivity index (χ1n) is 3.74. The highest BCUT2D eigenvalue weighted by molar-refractivity contribution is 5.90. The minimum Gasteiger partial charge on any atom is -0.295 e. The summed E-state index contributed by atoms with van der Waals surface area (Å²) in [7, 11) is 0. The van der Waals surface area contributed by atoms with Crippen molar-refractivity contribution in [2.45, 2.75) is 20.3 Å². The molecule has 0 rings (SSSR count). The second-order valence-electron chi connectivity index (χ2n) is 2.12. The van der Waals surface area contributed by atoms with Crippen molar-refractivity contribution in [1.29, 1.82) is 0 Å². The maximum Gasteiger partial charge on any atom is 0.159 e. The second kappa shape index (κ2) is 7.00. The van der Waals surface area contributed by atoms with Gasteiger partial charge < -0.3 is 0 Å². The Morgan fingerprint density at radius 1 is 1.18 bits per heavy atom. The standard InChI is InChI=1S/C10H14O/c1-3-5-6-7-9-10(11)8-4-2/h3-8H,9H2,1-2H3. The Morgan fingerprint density at radius 3 is 2.45 bits per heavy atom. The van der Waals surface area contributed by atoms with Gasteiger partial charge in [0.1, 0.15) is 0 Å². The van der Waals surface area contributed by atoms with Crippen LogP contribution in [0.25, 0.3) is 0 Å². The zero-order valence-corrected chi connectivity index (χ0v) is 7.08. The molecule has 1 nitrogen and oxygen atoms in total. The third-order valence-electron chi connectivity index (χ3n) is 1.11. The lowest BCUT2D eigenvalue weighted by molar-refractivity contribution is -0.113. The fourth-order valence-corrected chi connectivity index (χ4v) is 0.628. The Kier molecular flexibility index (Phi) is 6.30. The fraction of sp³-hybridized carbons (Fsp3) is 0.300. The third-order valence-corrected chi connectivity index (χ3v) is 1.11. The molecule has 0 fully saturated rings. The first-order chi connectivity index (χ1) is 5.31. The van der Waals surface area contributed by atoms with E-state index in [1.165, 1.54) is 0 Å². The van der Waals surface area contributed by atoms with Crippen LogP contribution in [0.4, 0.5) is 0 Å². The van der Waals surface area contributed by atoms with E-state index in [9.17, 15) is 4.79 Å². The molecule has 60 valence electrons. The van der Waals surface area contributed by atoms with Crippen LogP contribution in [-0.2, 0) is 4.79 Å². The summed E-state index contributed by atoms with van der Waals surface area (Å²) in [6, 6.07) is 0. The van der Waals surface area contributed by atoms with Gasteiger partial charge in [-0.25, -0.2) is 0 Å². The van der Waals surface area contributed by atoms with Crippen molar-refractivity contribution in [2.75, 3.05) is 0 Å². The Hall–Kier alpha value is -1.11. The molecule has 0 aromatic heterocycles. The number of carbonyl (C=O) groups excluding carboxylic acids is 1. The maximum atomic E-state index is 10.8.